The number of nitrogens with one attached hydrogen (secondary N) is 2. The second-order valence-corrected chi connectivity index (χ2v) is 8.85. The summed E-state index contributed by atoms with van der Waals surface area (Å²) in [6, 6.07) is 10.1. The number of aromatic nitrogens is 3. The molecule has 1 aliphatic rings. The largest absolute Gasteiger partial charge is 0.368 e. The summed E-state index contributed by atoms with van der Waals surface area (Å²) in [6.07, 6.45) is 1.77. The number of hydrogen-bond acceptors (Lipinski definition) is 7. The first-order valence-corrected chi connectivity index (χ1v) is 11.4. The van der Waals surface area contributed by atoms with Gasteiger partial charge in [-0.3, -0.25) is 14.5 Å². The average molecular weight is 449 g/mol. The molecule has 3 aromatic heterocycles. The van der Waals surface area contributed by atoms with Gasteiger partial charge in [0.25, 0.3) is 11.5 Å². The topological polar surface area (TPSA) is 94.2 Å². The van der Waals surface area contributed by atoms with E-state index in [0.29, 0.717) is 10.4 Å². The van der Waals surface area contributed by atoms with Gasteiger partial charge in [0.1, 0.15) is 10.4 Å². The Morgan fingerprint density at radius 1 is 1.16 bits per heavy atom. The van der Waals surface area contributed by atoms with E-state index in [1.165, 1.54) is 17.1 Å². The van der Waals surface area contributed by atoms with E-state index >= 15 is 0 Å². The number of nitrogens with zero attached hydrogens (tertiary/aromatic N) is 4. The summed E-state index contributed by atoms with van der Waals surface area (Å²) in [6.45, 7) is 6.43. The lowest BCUT2D eigenvalue weighted by molar-refractivity contribution is 0.0958. The molecular weight excluding hydrogens is 424 g/mol. The second kappa shape index (κ2) is 8.33. The standard InChI is InChI=1S/C23H24N6O2S/c1-14-20(6-5-18(26-14)22(30)24-2)29-9-7-28(8-10-29)13-15-3-4-16-17-12-25-32-21(17)23(31)27-19(16)11-15/h3-6,11-12H,7-10,13H2,1-2H3,(H,24,30)(H,27,31). The third kappa shape index (κ3) is 3.74. The van der Waals surface area contributed by atoms with E-state index in [2.05, 4.69) is 47.7 Å². The van der Waals surface area contributed by atoms with Gasteiger partial charge in [-0.05, 0) is 42.2 Å². The smallest absolute Gasteiger partial charge is 0.269 e. The molecule has 0 radical (unpaired) electrons. The highest BCUT2D eigenvalue weighted by Gasteiger charge is 2.20. The molecule has 0 atom stereocenters. The molecule has 9 heteroatoms. The number of carbonyl (C=O) groups excluding carboxylic acids is 1. The normalized spacial score (nSPS) is 14.9. The van der Waals surface area contributed by atoms with Crippen LogP contribution in [0.25, 0.3) is 21.0 Å². The number of rotatable bonds is 4. The zero-order valence-corrected chi connectivity index (χ0v) is 18.8. The molecule has 1 fully saturated rings. The Morgan fingerprint density at radius 3 is 2.72 bits per heavy atom. The molecule has 2 N–H and O–H groups in total. The van der Waals surface area contributed by atoms with Crippen molar-refractivity contribution in [2.75, 3.05) is 38.1 Å². The number of aryl methyl sites for hydroxylation is 1. The molecule has 1 aliphatic heterocycles. The summed E-state index contributed by atoms with van der Waals surface area (Å²) < 4.78 is 4.84. The molecule has 164 valence electrons. The number of anilines is 1. The van der Waals surface area contributed by atoms with Crippen LogP contribution in [-0.4, -0.2) is 58.4 Å². The summed E-state index contributed by atoms with van der Waals surface area (Å²) in [5.74, 6) is -0.169. The van der Waals surface area contributed by atoms with Gasteiger partial charge in [0.15, 0.2) is 0 Å². The van der Waals surface area contributed by atoms with Crippen molar-refractivity contribution in [3.8, 4) is 0 Å². The van der Waals surface area contributed by atoms with Crippen molar-refractivity contribution in [3.63, 3.8) is 0 Å². The molecule has 0 aliphatic carbocycles. The Hall–Kier alpha value is -3.30. The first kappa shape index (κ1) is 20.6. The van der Waals surface area contributed by atoms with Crippen LogP contribution in [0, 0.1) is 6.92 Å². The van der Waals surface area contributed by atoms with Crippen LogP contribution in [0.4, 0.5) is 5.69 Å². The van der Waals surface area contributed by atoms with Gasteiger partial charge < -0.3 is 15.2 Å². The van der Waals surface area contributed by atoms with Crippen LogP contribution in [0.5, 0.6) is 0 Å². The van der Waals surface area contributed by atoms with Crippen LogP contribution in [0.2, 0.25) is 0 Å². The van der Waals surface area contributed by atoms with Gasteiger partial charge in [-0.1, -0.05) is 12.1 Å². The Labute approximate surface area is 189 Å². The van der Waals surface area contributed by atoms with E-state index in [-0.39, 0.29) is 11.5 Å². The van der Waals surface area contributed by atoms with Crippen molar-refractivity contribution in [3.05, 3.63) is 63.8 Å². The SMILES string of the molecule is CNC(=O)c1ccc(N2CCN(Cc3ccc4c(c3)[nH]c(=O)c3sncc34)CC2)c(C)n1. The molecule has 0 saturated carbocycles. The van der Waals surface area contributed by atoms with E-state index in [4.69, 9.17) is 0 Å². The zero-order chi connectivity index (χ0) is 22.2. The van der Waals surface area contributed by atoms with E-state index in [1.54, 1.807) is 19.3 Å². The van der Waals surface area contributed by atoms with E-state index in [0.717, 1.165) is 60.4 Å². The van der Waals surface area contributed by atoms with Crippen molar-refractivity contribution in [1.29, 1.82) is 0 Å². The fraction of sp³-hybridized carbons (Fsp3) is 0.304. The fourth-order valence-electron chi connectivity index (χ4n) is 4.35. The number of aromatic amines is 1. The summed E-state index contributed by atoms with van der Waals surface area (Å²) in [7, 11) is 1.61. The molecule has 1 aromatic carbocycles. The average Bonchev–Trinajstić information content (AvgIpc) is 3.30. The summed E-state index contributed by atoms with van der Waals surface area (Å²) >= 11 is 1.23. The molecular formula is C23H24N6O2S. The lowest BCUT2D eigenvalue weighted by atomic mass is 10.1. The highest BCUT2D eigenvalue weighted by molar-refractivity contribution is 7.13. The minimum absolute atomic E-state index is 0.0767. The predicted molar refractivity (Wildman–Crippen MR) is 128 cm³/mol. The third-order valence-corrected chi connectivity index (χ3v) is 6.83. The number of amides is 1. The Balaban J connectivity index is 1.28. The first-order chi connectivity index (χ1) is 15.5. The molecule has 1 amide bonds. The molecule has 5 rings (SSSR count). The number of hydrogen-bond donors (Lipinski definition) is 2. The quantitative estimate of drug-likeness (QED) is 0.498. The molecule has 0 spiro atoms. The van der Waals surface area contributed by atoms with Crippen LogP contribution < -0.4 is 15.8 Å². The molecule has 4 heterocycles. The fourth-order valence-corrected chi connectivity index (χ4v) is 5.01. The Kier molecular flexibility index (Phi) is 5.36. The van der Waals surface area contributed by atoms with Gasteiger partial charge in [-0.2, -0.15) is 4.37 Å². The third-order valence-electron chi connectivity index (χ3n) is 6.04. The van der Waals surface area contributed by atoms with Gasteiger partial charge in [0.05, 0.1) is 11.4 Å². The van der Waals surface area contributed by atoms with Crippen LogP contribution in [0.15, 0.2) is 41.3 Å². The minimum Gasteiger partial charge on any atom is -0.368 e. The van der Waals surface area contributed by atoms with E-state index in [9.17, 15) is 9.59 Å². The highest BCUT2D eigenvalue weighted by Crippen LogP contribution is 2.25. The molecule has 8 nitrogen and oxygen atoms in total. The molecule has 4 aromatic rings. The minimum atomic E-state index is -0.169. The monoisotopic (exact) mass is 448 g/mol. The van der Waals surface area contributed by atoms with E-state index < -0.39 is 0 Å². The molecule has 32 heavy (non-hydrogen) atoms. The van der Waals surface area contributed by atoms with Gasteiger partial charge in [-0.25, -0.2) is 4.98 Å². The number of piperazine rings is 1. The summed E-state index contributed by atoms with van der Waals surface area (Å²) in [4.78, 5) is 36.3. The Morgan fingerprint density at radius 2 is 1.97 bits per heavy atom. The lowest BCUT2D eigenvalue weighted by Crippen LogP contribution is -2.46. The predicted octanol–water partition coefficient (Wildman–Crippen LogP) is 2.52. The number of pyridine rings is 2. The zero-order valence-electron chi connectivity index (χ0n) is 18.0. The van der Waals surface area contributed by atoms with Crippen molar-refractivity contribution in [1.82, 2.24) is 24.6 Å². The van der Waals surface area contributed by atoms with Crippen LogP contribution in [0.3, 0.4) is 0 Å². The van der Waals surface area contributed by atoms with Gasteiger partial charge in [0, 0.05) is 62.3 Å². The van der Waals surface area contributed by atoms with Crippen molar-refractivity contribution in [2.24, 2.45) is 0 Å². The molecule has 0 bridgehead atoms. The van der Waals surface area contributed by atoms with Crippen LogP contribution >= 0.6 is 11.5 Å². The van der Waals surface area contributed by atoms with Crippen molar-refractivity contribution >= 4 is 44.1 Å². The maximum absolute atomic E-state index is 12.3. The molecule has 0 unspecified atom stereocenters. The number of benzene rings is 1. The van der Waals surface area contributed by atoms with Crippen molar-refractivity contribution < 1.29 is 4.79 Å². The second-order valence-electron chi connectivity index (χ2n) is 8.05. The number of carbonyl (C=O) groups is 1. The maximum Gasteiger partial charge on any atom is 0.269 e. The number of H-pyrrole nitrogens is 1. The van der Waals surface area contributed by atoms with E-state index in [1.807, 2.05) is 13.0 Å². The van der Waals surface area contributed by atoms with Crippen molar-refractivity contribution in [2.45, 2.75) is 13.5 Å². The first-order valence-electron chi connectivity index (χ1n) is 10.6. The van der Waals surface area contributed by atoms with Gasteiger partial charge >= 0.3 is 0 Å². The lowest BCUT2D eigenvalue weighted by Gasteiger charge is -2.36. The highest BCUT2D eigenvalue weighted by atomic mass is 32.1. The van der Waals surface area contributed by atoms with Crippen LogP contribution in [-0.2, 0) is 6.54 Å². The Bertz CT molecular complexity index is 1370. The van der Waals surface area contributed by atoms with Gasteiger partial charge in [-0.15, -0.1) is 0 Å². The van der Waals surface area contributed by atoms with Crippen LogP contribution in [0.1, 0.15) is 21.7 Å². The number of fused-ring (bicyclic) bond motifs is 3. The summed E-state index contributed by atoms with van der Waals surface area (Å²) in [5, 5.41) is 4.56. The summed E-state index contributed by atoms with van der Waals surface area (Å²) in [5.41, 5.74) is 4.35. The maximum atomic E-state index is 12.3. The molecule has 1 saturated heterocycles. The van der Waals surface area contributed by atoms with Gasteiger partial charge in [0.2, 0.25) is 0 Å².